The van der Waals surface area contributed by atoms with E-state index in [4.69, 9.17) is 4.42 Å². The van der Waals surface area contributed by atoms with Gasteiger partial charge in [-0.2, -0.15) is 9.50 Å². The lowest BCUT2D eigenvalue weighted by Crippen LogP contribution is -2.23. The molecule has 0 fully saturated rings. The van der Waals surface area contributed by atoms with Crippen LogP contribution in [0.15, 0.2) is 45.6 Å². The summed E-state index contributed by atoms with van der Waals surface area (Å²) in [5, 5.41) is 4.39. The van der Waals surface area contributed by atoms with Crippen LogP contribution >= 0.6 is 11.3 Å². The number of hydrogen-bond acceptors (Lipinski definition) is 5. The summed E-state index contributed by atoms with van der Waals surface area (Å²) in [5.41, 5.74) is 2.07. The molecule has 132 valence electrons. The van der Waals surface area contributed by atoms with Gasteiger partial charge < -0.3 is 4.42 Å². The molecule has 0 saturated heterocycles. The Morgan fingerprint density at radius 1 is 1.12 bits per heavy atom. The van der Waals surface area contributed by atoms with Crippen molar-refractivity contribution in [3.05, 3.63) is 68.4 Å². The quantitative estimate of drug-likeness (QED) is 0.545. The third-order valence-electron chi connectivity index (χ3n) is 4.23. The number of aromatic nitrogens is 3. The molecular formula is C20H19N3O2S. The molecule has 0 saturated carbocycles. The van der Waals surface area contributed by atoms with Crippen molar-refractivity contribution in [2.45, 2.75) is 33.1 Å². The fraction of sp³-hybridized carbons (Fsp3) is 0.250. The predicted octanol–water partition coefficient (Wildman–Crippen LogP) is 3.56. The lowest BCUT2D eigenvalue weighted by Gasteiger charge is -2.18. The molecule has 0 unspecified atom stereocenters. The molecule has 26 heavy (non-hydrogen) atoms. The topological polar surface area (TPSA) is 60.4 Å². The van der Waals surface area contributed by atoms with Gasteiger partial charge in [0.2, 0.25) is 4.96 Å². The second-order valence-electron chi connectivity index (χ2n) is 7.32. The number of furan rings is 1. The fourth-order valence-electron chi connectivity index (χ4n) is 2.74. The van der Waals surface area contributed by atoms with E-state index in [-0.39, 0.29) is 11.0 Å². The maximum atomic E-state index is 12.6. The van der Waals surface area contributed by atoms with Crippen molar-refractivity contribution in [3.63, 3.8) is 0 Å². The summed E-state index contributed by atoms with van der Waals surface area (Å²) >= 11 is 1.31. The van der Waals surface area contributed by atoms with E-state index in [1.54, 1.807) is 6.08 Å². The highest BCUT2D eigenvalue weighted by molar-refractivity contribution is 7.15. The van der Waals surface area contributed by atoms with Gasteiger partial charge in [-0.25, -0.2) is 0 Å². The Bertz CT molecular complexity index is 1190. The molecule has 0 aliphatic heterocycles. The molecular weight excluding hydrogens is 346 g/mol. The zero-order valence-corrected chi connectivity index (χ0v) is 15.9. The van der Waals surface area contributed by atoms with Gasteiger partial charge in [0, 0.05) is 11.6 Å². The first-order valence-corrected chi connectivity index (χ1v) is 9.21. The second kappa shape index (κ2) is 5.92. The first kappa shape index (κ1) is 16.7. The zero-order valence-electron chi connectivity index (χ0n) is 15.1. The van der Waals surface area contributed by atoms with Gasteiger partial charge in [-0.15, -0.1) is 5.10 Å². The van der Waals surface area contributed by atoms with E-state index in [2.05, 4.69) is 43.0 Å². The smallest absolute Gasteiger partial charge is 0.291 e. The minimum Gasteiger partial charge on any atom is -0.462 e. The maximum absolute atomic E-state index is 12.6. The van der Waals surface area contributed by atoms with Gasteiger partial charge in [-0.05, 0) is 30.0 Å². The van der Waals surface area contributed by atoms with Crippen LogP contribution in [0.25, 0.3) is 22.4 Å². The summed E-state index contributed by atoms with van der Waals surface area (Å²) in [7, 11) is 0. The lowest BCUT2D eigenvalue weighted by atomic mass is 9.87. The van der Waals surface area contributed by atoms with Crippen LogP contribution in [0.1, 0.15) is 37.9 Å². The molecule has 5 nitrogen and oxygen atoms in total. The van der Waals surface area contributed by atoms with E-state index in [1.165, 1.54) is 21.4 Å². The van der Waals surface area contributed by atoms with Crippen molar-refractivity contribution in [2.75, 3.05) is 0 Å². The largest absolute Gasteiger partial charge is 0.462 e. The number of rotatable bonds is 2. The average Bonchev–Trinajstić information content (AvgIpc) is 3.25. The van der Waals surface area contributed by atoms with E-state index in [0.29, 0.717) is 21.1 Å². The monoisotopic (exact) mass is 365 g/mol. The van der Waals surface area contributed by atoms with E-state index < -0.39 is 0 Å². The van der Waals surface area contributed by atoms with Crippen LogP contribution in [0.5, 0.6) is 0 Å². The van der Waals surface area contributed by atoms with Crippen molar-refractivity contribution < 1.29 is 4.42 Å². The first-order chi connectivity index (χ1) is 12.3. The van der Waals surface area contributed by atoms with Crippen LogP contribution in [-0.4, -0.2) is 14.6 Å². The molecule has 0 radical (unpaired) electrons. The van der Waals surface area contributed by atoms with Crippen LogP contribution in [-0.2, 0) is 5.41 Å². The van der Waals surface area contributed by atoms with Gasteiger partial charge in [0.1, 0.15) is 16.1 Å². The number of aryl methyl sites for hydroxylation is 1. The summed E-state index contributed by atoms with van der Waals surface area (Å²) in [4.78, 5) is 17.7. The van der Waals surface area contributed by atoms with Crippen LogP contribution in [0.3, 0.4) is 0 Å². The van der Waals surface area contributed by atoms with Crippen molar-refractivity contribution >= 4 is 22.4 Å². The molecule has 6 heteroatoms. The van der Waals surface area contributed by atoms with Crippen LogP contribution < -0.4 is 10.1 Å². The van der Waals surface area contributed by atoms with Crippen molar-refractivity contribution in [2.24, 2.45) is 0 Å². The van der Waals surface area contributed by atoms with Crippen LogP contribution in [0, 0.1) is 6.92 Å². The van der Waals surface area contributed by atoms with Gasteiger partial charge in [-0.1, -0.05) is 56.4 Å². The molecule has 0 aliphatic rings. The number of nitrogens with zero attached hydrogens (tertiary/aromatic N) is 3. The highest BCUT2D eigenvalue weighted by Crippen LogP contribution is 2.25. The van der Waals surface area contributed by atoms with Crippen LogP contribution in [0.2, 0.25) is 0 Å². The van der Waals surface area contributed by atoms with E-state index in [0.717, 1.165) is 11.3 Å². The molecule has 4 aromatic rings. The van der Waals surface area contributed by atoms with Gasteiger partial charge in [-0.3, -0.25) is 4.79 Å². The molecule has 3 aromatic heterocycles. The Labute approximate surface area is 154 Å². The number of thiazole rings is 1. The van der Waals surface area contributed by atoms with Crippen LogP contribution in [0.4, 0.5) is 0 Å². The standard InChI is InChI=1S/C20H19N3O2S/c1-12-5-10-15(25-12)11-16-18(24)23-19(26-16)21-17(22-23)13-6-8-14(9-7-13)20(2,3)4/h5-11H,1-4H3. The minimum atomic E-state index is -0.177. The number of hydrogen-bond donors (Lipinski definition) is 0. The molecule has 0 atom stereocenters. The Balaban J connectivity index is 1.73. The predicted molar refractivity (Wildman–Crippen MR) is 104 cm³/mol. The third-order valence-corrected chi connectivity index (χ3v) is 5.18. The minimum absolute atomic E-state index is 0.0949. The Morgan fingerprint density at radius 2 is 1.85 bits per heavy atom. The van der Waals surface area contributed by atoms with Crippen molar-refractivity contribution in [1.82, 2.24) is 14.6 Å². The molecule has 0 bridgehead atoms. The van der Waals surface area contributed by atoms with Gasteiger partial charge >= 0.3 is 0 Å². The molecule has 0 N–H and O–H groups in total. The maximum Gasteiger partial charge on any atom is 0.291 e. The van der Waals surface area contributed by atoms with Gasteiger partial charge in [0.15, 0.2) is 5.82 Å². The average molecular weight is 365 g/mol. The summed E-state index contributed by atoms with van der Waals surface area (Å²) < 4.78 is 7.43. The second-order valence-corrected chi connectivity index (χ2v) is 8.33. The number of benzene rings is 1. The summed E-state index contributed by atoms with van der Waals surface area (Å²) in [6.07, 6.45) is 1.73. The Kier molecular flexibility index (Phi) is 3.80. The van der Waals surface area contributed by atoms with E-state index in [9.17, 15) is 4.79 Å². The highest BCUT2D eigenvalue weighted by Gasteiger charge is 2.15. The first-order valence-electron chi connectivity index (χ1n) is 8.40. The van der Waals surface area contributed by atoms with Crippen molar-refractivity contribution in [1.29, 1.82) is 0 Å². The molecule has 0 amide bonds. The zero-order chi connectivity index (χ0) is 18.5. The number of fused-ring (bicyclic) bond motifs is 1. The van der Waals surface area contributed by atoms with E-state index >= 15 is 0 Å². The Hall–Kier alpha value is -2.73. The summed E-state index contributed by atoms with van der Waals surface area (Å²) in [6, 6.07) is 11.9. The van der Waals surface area contributed by atoms with E-state index in [1.807, 2.05) is 31.2 Å². The normalized spacial score (nSPS) is 13.0. The SMILES string of the molecule is Cc1ccc(C=c2sc3nc(-c4ccc(C(C)(C)C)cc4)nn3c2=O)o1. The third kappa shape index (κ3) is 2.97. The summed E-state index contributed by atoms with van der Waals surface area (Å²) in [5.74, 6) is 2.03. The summed E-state index contributed by atoms with van der Waals surface area (Å²) in [6.45, 7) is 8.40. The lowest BCUT2D eigenvalue weighted by molar-refractivity contribution is 0.525. The molecule has 0 aliphatic carbocycles. The molecule has 1 aromatic carbocycles. The van der Waals surface area contributed by atoms with Gasteiger partial charge in [0.05, 0.1) is 0 Å². The molecule has 4 rings (SSSR count). The molecule has 0 spiro atoms. The highest BCUT2D eigenvalue weighted by atomic mass is 32.1. The fourth-order valence-corrected chi connectivity index (χ4v) is 3.62. The van der Waals surface area contributed by atoms with Crippen molar-refractivity contribution in [3.8, 4) is 11.4 Å². The molecule has 3 heterocycles. The Morgan fingerprint density at radius 3 is 2.42 bits per heavy atom. The van der Waals surface area contributed by atoms with Gasteiger partial charge in [0.25, 0.3) is 5.56 Å².